The molecule has 1 aliphatic carbocycles. The fraction of sp³-hybridized carbons (Fsp3) is 0.458. The summed E-state index contributed by atoms with van der Waals surface area (Å²) in [7, 11) is 1.54. The lowest BCUT2D eigenvalue weighted by atomic mass is 9.86. The molecule has 0 bridgehead atoms. The molecule has 2 aliphatic rings. The number of phenols is 1. The van der Waals surface area contributed by atoms with Gasteiger partial charge in [-0.05, 0) is 56.4 Å². The van der Waals surface area contributed by atoms with E-state index in [0.29, 0.717) is 12.3 Å². The van der Waals surface area contributed by atoms with Crippen LogP contribution >= 0.6 is 24.0 Å². The summed E-state index contributed by atoms with van der Waals surface area (Å²) in [6, 6.07) is 13.8. The van der Waals surface area contributed by atoms with Crippen LogP contribution < -0.4 is 20.1 Å². The number of hydrogen-bond donors (Lipinski definition) is 3. The van der Waals surface area contributed by atoms with E-state index in [1.165, 1.54) is 18.4 Å². The van der Waals surface area contributed by atoms with Crippen LogP contribution in [0.2, 0.25) is 0 Å². The molecule has 3 N–H and O–H groups in total. The van der Waals surface area contributed by atoms with Crippen molar-refractivity contribution in [3.63, 3.8) is 0 Å². The Balaban J connectivity index is 0.00000272. The van der Waals surface area contributed by atoms with Gasteiger partial charge in [0, 0.05) is 18.5 Å². The van der Waals surface area contributed by atoms with Crippen LogP contribution in [-0.2, 0) is 6.54 Å². The molecule has 1 saturated carbocycles. The normalized spacial score (nSPS) is 19.2. The van der Waals surface area contributed by atoms with Gasteiger partial charge < -0.3 is 25.2 Å². The summed E-state index contributed by atoms with van der Waals surface area (Å²) in [6.07, 6.45) is 5.61. The van der Waals surface area contributed by atoms with Gasteiger partial charge in [-0.2, -0.15) is 0 Å². The number of nitrogens with zero attached hydrogens (tertiary/aromatic N) is 1. The summed E-state index contributed by atoms with van der Waals surface area (Å²) in [6.45, 7) is 3.30. The fourth-order valence-electron chi connectivity index (χ4n) is 4.56. The summed E-state index contributed by atoms with van der Waals surface area (Å²) in [4.78, 5) is 4.76. The Morgan fingerprint density at radius 3 is 2.71 bits per heavy atom. The Morgan fingerprint density at radius 2 is 2.00 bits per heavy atom. The number of methoxy groups -OCH3 is 1. The third-order valence-electron chi connectivity index (χ3n) is 6.03. The molecule has 0 amide bonds. The third kappa shape index (κ3) is 5.37. The molecule has 4 rings (SSSR count). The lowest BCUT2D eigenvalue weighted by molar-refractivity contribution is 0.0396. The van der Waals surface area contributed by atoms with Crippen LogP contribution in [0, 0.1) is 0 Å². The van der Waals surface area contributed by atoms with Gasteiger partial charge in [0.25, 0.3) is 0 Å². The smallest absolute Gasteiger partial charge is 0.192 e. The van der Waals surface area contributed by atoms with Crippen molar-refractivity contribution in [3.8, 4) is 17.2 Å². The zero-order valence-corrected chi connectivity index (χ0v) is 20.5. The average molecular weight is 537 g/mol. The number of para-hydroxylation sites is 1. The molecule has 1 aliphatic heterocycles. The fourth-order valence-corrected chi connectivity index (χ4v) is 4.56. The Bertz CT molecular complexity index is 913. The first-order chi connectivity index (χ1) is 14.6. The molecule has 168 valence electrons. The van der Waals surface area contributed by atoms with E-state index in [1.54, 1.807) is 19.2 Å². The molecular formula is C24H32IN3O3. The van der Waals surface area contributed by atoms with Crippen LogP contribution in [0.4, 0.5) is 0 Å². The van der Waals surface area contributed by atoms with Gasteiger partial charge in [-0.25, -0.2) is 4.99 Å². The highest BCUT2D eigenvalue weighted by Crippen LogP contribution is 2.46. The number of nitrogens with one attached hydrogen (secondary N) is 2. The SMILES string of the molecule is CCNC(=NCc1ccc(OC)c(O)c1)NC1CC2(CCCC2)Oc2ccccc21.I. The summed E-state index contributed by atoms with van der Waals surface area (Å²) < 4.78 is 11.6. The van der Waals surface area contributed by atoms with E-state index < -0.39 is 0 Å². The van der Waals surface area contributed by atoms with Crippen molar-refractivity contribution in [2.45, 2.75) is 57.2 Å². The van der Waals surface area contributed by atoms with E-state index in [4.69, 9.17) is 14.5 Å². The topological polar surface area (TPSA) is 75.1 Å². The van der Waals surface area contributed by atoms with Gasteiger partial charge in [0.05, 0.1) is 19.7 Å². The van der Waals surface area contributed by atoms with Crippen molar-refractivity contribution in [1.29, 1.82) is 0 Å². The standard InChI is InChI=1S/C24H31N3O3.HI/c1-3-25-23(26-16-17-10-11-22(29-2)20(28)14-17)27-19-15-24(12-6-7-13-24)30-21-9-5-4-8-18(19)21;/h4-5,8-11,14,19,28H,3,6-7,12-13,15-16H2,1-2H3,(H2,25,26,27);1H. The van der Waals surface area contributed by atoms with Crippen LogP contribution in [0.3, 0.4) is 0 Å². The Labute approximate surface area is 201 Å². The summed E-state index contributed by atoms with van der Waals surface area (Å²) in [5, 5.41) is 17.0. The Kier molecular flexibility index (Phi) is 7.91. The predicted octanol–water partition coefficient (Wildman–Crippen LogP) is 4.91. The lowest BCUT2D eigenvalue weighted by Crippen LogP contribution is -2.46. The Morgan fingerprint density at radius 1 is 1.23 bits per heavy atom. The number of ether oxygens (including phenoxy) is 2. The first-order valence-electron chi connectivity index (χ1n) is 10.8. The number of aliphatic imine (C=N–C) groups is 1. The van der Waals surface area contributed by atoms with Crippen LogP contribution in [-0.4, -0.2) is 30.3 Å². The van der Waals surface area contributed by atoms with Gasteiger partial charge in [-0.3, -0.25) is 0 Å². The van der Waals surface area contributed by atoms with Crippen molar-refractivity contribution in [1.82, 2.24) is 10.6 Å². The van der Waals surface area contributed by atoms with Gasteiger partial charge in [-0.15, -0.1) is 24.0 Å². The molecule has 0 saturated heterocycles. The second kappa shape index (κ2) is 10.4. The summed E-state index contributed by atoms with van der Waals surface area (Å²) >= 11 is 0. The first-order valence-corrected chi connectivity index (χ1v) is 10.8. The van der Waals surface area contributed by atoms with Crippen molar-refractivity contribution in [2.24, 2.45) is 4.99 Å². The zero-order valence-electron chi connectivity index (χ0n) is 18.2. The largest absolute Gasteiger partial charge is 0.504 e. The molecular weight excluding hydrogens is 505 g/mol. The maximum absolute atomic E-state index is 10.0. The van der Waals surface area contributed by atoms with Crippen LogP contribution in [0.1, 0.15) is 56.2 Å². The number of phenolic OH excluding ortho intramolecular Hbond substituents is 1. The van der Waals surface area contributed by atoms with Crippen molar-refractivity contribution >= 4 is 29.9 Å². The highest BCUT2D eigenvalue weighted by Gasteiger charge is 2.43. The lowest BCUT2D eigenvalue weighted by Gasteiger charge is -2.40. The van der Waals surface area contributed by atoms with E-state index >= 15 is 0 Å². The number of hydrogen-bond acceptors (Lipinski definition) is 4. The van der Waals surface area contributed by atoms with Gasteiger partial charge in [0.15, 0.2) is 17.5 Å². The number of fused-ring (bicyclic) bond motifs is 1. The molecule has 6 nitrogen and oxygen atoms in total. The highest BCUT2D eigenvalue weighted by atomic mass is 127. The minimum Gasteiger partial charge on any atom is -0.504 e. The summed E-state index contributed by atoms with van der Waals surface area (Å²) in [5.41, 5.74) is 2.04. The van der Waals surface area contributed by atoms with Crippen molar-refractivity contribution in [3.05, 3.63) is 53.6 Å². The molecule has 1 fully saturated rings. The molecule has 1 unspecified atom stereocenters. The minimum atomic E-state index is -0.0644. The Hall–Kier alpha value is -2.16. The van der Waals surface area contributed by atoms with Gasteiger partial charge in [0.2, 0.25) is 0 Å². The predicted molar refractivity (Wildman–Crippen MR) is 134 cm³/mol. The van der Waals surface area contributed by atoms with E-state index in [1.807, 2.05) is 12.1 Å². The first kappa shape index (κ1) is 23.5. The molecule has 2 aromatic carbocycles. The second-order valence-electron chi connectivity index (χ2n) is 8.13. The van der Waals surface area contributed by atoms with Crippen LogP contribution in [0.15, 0.2) is 47.5 Å². The minimum absolute atomic E-state index is 0. The maximum Gasteiger partial charge on any atom is 0.192 e. The van der Waals surface area contributed by atoms with E-state index in [9.17, 15) is 5.11 Å². The average Bonchev–Trinajstić information content (AvgIpc) is 3.19. The van der Waals surface area contributed by atoms with Gasteiger partial charge in [0.1, 0.15) is 11.4 Å². The molecule has 1 spiro atoms. The molecule has 1 heterocycles. The molecule has 2 aromatic rings. The molecule has 31 heavy (non-hydrogen) atoms. The van der Waals surface area contributed by atoms with Crippen LogP contribution in [0.25, 0.3) is 0 Å². The number of guanidine groups is 1. The van der Waals surface area contributed by atoms with Crippen LogP contribution in [0.5, 0.6) is 17.2 Å². The van der Waals surface area contributed by atoms with Crippen molar-refractivity contribution in [2.75, 3.05) is 13.7 Å². The van der Waals surface area contributed by atoms with Gasteiger partial charge in [-0.1, -0.05) is 24.3 Å². The molecule has 1 atom stereocenters. The van der Waals surface area contributed by atoms with E-state index in [-0.39, 0.29) is 41.4 Å². The van der Waals surface area contributed by atoms with E-state index in [2.05, 4.69) is 35.8 Å². The maximum atomic E-state index is 10.0. The molecule has 7 heteroatoms. The number of aromatic hydroxyl groups is 1. The zero-order chi connectivity index (χ0) is 21.0. The quantitative estimate of drug-likeness (QED) is 0.287. The molecule has 0 radical (unpaired) electrons. The molecule has 0 aromatic heterocycles. The number of benzene rings is 2. The highest BCUT2D eigenvalue weighted by molar-refractivity contribution is 14.0. The monoisotopic (exact) mass is 537 g/mol. The number of rotatable bonds is 5. The second-order valence-corrected chi connectivity index (χ2v) is 8.13. The third-order valence-corrected chi connectivity index (χ3v) is 6.03. The summed E-state index contributed by atoms with van der Waals surface area (Å²) in [5.74, 6) is 2.35. The van der Waals surface area contributed by atoms with Gasteiger partial charge >= 0.3 is 0 Å². The number of halogens is 1. The van der Waals surface area contributed by atoms with Crippen molar-refractivity contribution < 1.29 is 14.6 Å². The van der Waals surface area contributed by atoms with E-state index in [0.717, 1.165) is 43.1 Å².